The van der Waals surface area contributed by atoms with Crippen LogP contribution < -0.4 is 10.6 Å². The molecule has 5 saturated carbocycles. The number of nitrogens with one attached hydrogen (secondary N) is 2. The lowest BCUT2D eigenvalue weighted by Gasteiger charge is -2.56. The van der Waals surface area contributed by atoms with Crippen LogP contribution in [0, 0.1) is 17.8 Å². The Morgan fingerprint density at radius 3 is 2.42 bits per heavy atom. The van der Waals surface area contributed by atoms with E-state index in [1.807, 2.05) is 4.57 Å². The minimum atomic E-state index is -0.601. The van der Waals surface area contributed by atoms with Gasteiger partial charge in [-0.3, -0.25) is 9.88 Å². The Hall–Kier alpha value is -2.34. The number of hydrogen-bond acceptors (Lipinski definition) is 8. The number of ether oxygens (including phenoxy) is 3. The molecule has 38 heavy (non-hydrogen) atoms. The van der Waals surface area contributed by atoms with Crippen LogP contribution in [0.4, 0.5) is 10.6 Å². The van der Waals surface area contributed by atoms with Gasteiger partial charge in [-0.25, -0.2) is 19.7 Å². The van der Waals surface area contributed by atoms with E-state index in [9.17, 15) is 9.90 Å². The highest BCUT2D eigenvalue weighted by atomic mass is 16.8. The number of hydrogen-bond donors (Lipinski definition) is 3. The van der Waals surface area contributed by atoms with Crippen LogP contribution in [0.2, 0.25) is 0 Å². The number of aliphatic hydroxyl groups excluding tert-OH is 1. The minimum absolute atomic E-state index is 0.0920. The quantitative estimate of drug-likeness (QED) is 0.555. The maximum absolute atomic E-state index is 13.2. The molecule has 2 amide bonds. The zero-order chi connectivity index (χ0) is 25.5. The van der Waals surface area contributed by atoms with Gasteiger partial charge in [-0.15, -0.1) is 0 Å². The van der Waals surface area contributed by atoms with Crippen LogP contribution in [0.3, 0.4) is 0 Å². The summed E-state index contributed by atoms with van der Waals surface area (Å²) in [5.41, 5.74) is 0.943. The van der Waals surface area contributed by atoms with Crippen molar-refractivity contribution in [3.05, 3.63) is 12.7 Å². The van der Waals surface area contributed by atoms with Crippen molar-refractivity contribution in [2.24, 2.45) is 17.8 Å². The lowest BCUT2D eigenvalue weighted by molar-refractivity contribution is -0.232. The molecule has 2 saturated heterocycles. The van der Waals surface area contributed by atoms with Crippen LogP contribution in [0.25, 0.3) is 11.2 Å². The maximum atomic E-state index is 13.2. The van der Waals surface area contributed by atoms with Crippen molar-refractivity contribution >= 4 is 23.0 Å². The number of nitrogens with zero attached hydrogens (tertiary/aromatic N) is 4. The lowest BCUT2D eigenvalue weighted by Crippen LogP contribution is -2.60. The SMILES string of the molecule is O=C(Nc1ncnc2c1ncn2[C@@H]1O[C@H](CO)C2OC3(CCCCC3)O[C@@H]21)NC12CC3CC(CC(C3)C1)C2. The van der Waals surface area contributed by atoms with Gasteiger partial charge >= 0.3 is 6.03 Å². The zero-order valence-corrected chi connectivity index (χ0v) is 21.6. The van der Waals surface area contributed by atoms with E-state index < -0.39 is 18.1 Å². The van der Waals surface area contributed by atoms with Crippen molar-refractivity contribution in [2.45, 2.75) is 106 Å². The predicted octanol–water partition coefficient (Wildman–Crippen LogP) is 3.25. The van der Waals surface area contributed by atoms with Crippen LogP contribution in [0.5, 0.6) is 0 Å². The van der Waals surface area contributed by atoms with Gasteiger partial charge in [0.15, 0.2) is 29.0 Å². The third-order valence-corrected chi connectivity index (χ3v) is 10.1. The summed E-state index contributed by atoms with van der Waals surface area (Å²) in [6.45, 7) is -0.157. The number of anilines is 1. The molecule has 5 aliphatic carbocycles. The van der Waals surface area contributed by atoms with E-state index in [0.29, 0.717) is 17.0 Å². The molecule has 0 aromatic carbocycles. The fourth-order valence-electron chi connectivity index (χ4n) is 8.97. The molecule has 1 unspecified atom stereocenters. The van der Waals surface area contributed by atoms with Crippen molar-refractivity contribution in [1.82, 2.24) is 24.8 Å². The number of carbonyl (C=O) groups excluding carboxylic acids is 1. The van der Waals surface area contributed by atoms with Crippen molar-refractivity contribution in [2.75, 3.05) is 11.9 Å². The molecular formula is C27H36N6O5. The van der Waals surface area contributed by atoms with E-state index >= 15 is 0 Å². The summed E-state index contributed by atoms with van der Waals surface area (Å²) < 4.78 is 21.0. The fraction of sp³-hybridized carbons (Fsp3) is 0.778. The first-order valence-electron chi connectivity index (χ1n) is 14.4. The van der Waals surface area contributed by atoms with E-state index in [1.54, 1.807) is 6.33 Å². The highest BCUT2D eigenvalue weighted by Crippen LogP contribution is 2.55. The maximum Gasteiger partial charge on any atom is 0.320 e. The number of aliphatic hydroxyl groups is 1. The summed E-state index contributed by atoms with van der Waals surface area (Å²) in [4.78, 5) is 26.6. The van der Waals surface area contributed by atoms with Crippen LogP contribution in [-0.2, 0) is 14.2 Å². The first-order chi connectivity index (χ1) is 18.5. The zero-order valence-electron chi connectivity index (χ0n) is 21.6. The molecule has 2 aromatic rings. The number of urea groups is 1. The van der Waals surface area contributed by atoms with Crippen molar-refractivity contribution in [3.8, 4) is 0 Å². The number of carbonyl (C=O) groups is 1. The second-order valence-corrected chi connectivity index (χ2v) is 12.7. The molecule has 7 aliphatic rings. The summed E-state index contributed by atoms with van der Waals surface area (Å²) in [7, 11) is 0. The van der Waals surface area contributed by atoms with E-state index in [0.717, 1.165) is 62.7 Å². The van der Waals surface area contributed by atoms with Gasteiger partial charge in [0.05, 0.1) is 12.9 Å². The van der Waals surface area contributed by atoms with Crippen molar-refractivity contribution in [3.63, 3.8) is 0 Å². The Labute approximate surface area is 221 Å². The summed E-state index contributed by atoms with van der Waals surface area (Å²) in [6, 6.07) is -0.231. The van der Waals surface area contributed by atoms with E-state index in [-0.39, 0.29) is 30.4 Å². The molecule has 2 aliphatic heterocycles. The number of amides is 2. The third-order valence-electron chi connectivity index (χ3n) is 10.1. The largest absolute Gasteiger partial charge is 0.394 e. The molecule has 4 bridgehead atoms. The first kappa shape index (κ1) is 23.5. The molecule has 4 atom stereocenters. The molecule has 11 heteroatoms. The molecule has 204 valence electrons. The molecule has 1 spiro atoms. The van der Waals surface area contributed by atoms with Crippen molar-refractivity contribution in [1.29, 1.82) is 0 Å². The average molecular weight is 525 g/mol. The summed E-state index contributed by atoms with van der Waals surface area (Å²) in [6.07, 6.45) is 13.5. The number of aromatic nitrogens is 4. The molecule has 0 radical (unpaired) electrons. The molecule has 4 heterocycles. The van der Waals surface area contributed by atoms with Crippen LogP contribution in [-0.4, -0.2) is 66.9 Å². The molecular weight excluding hydrogens is 488 g/mol. The number of rotatable bonds is 4. The Morgan fingerprint density at radius 2 is 1.71 bits per heavy atom. The summed E-state index contributed by atoms with van der Waals surface area (Å²) in [5, 5.41) is 16.3. The van der Waals surface area contributed by atoms with Crippen molar-refractivity contribution < 1.29 is 24.1 Å². The lowest BCUT2D eigenvalue weighted by atomic mass is 9.53. The smallest absolute Gasteiger partial charge is 0.320 e. The number of imidazole rings is 1. The third kappa shape index (κ3) is 3.69. The summed E-state index contributed by atoms with van der Waals surface area (Å²) in [5.74, 6) is 2.01. The van der Waals surface area contributed by atoms with E-state index in [1.165, 1.54) is 32.0 Å². The van der Waals surface area contributed by atoms with Gasteiger partial charge < -0.3 is 24.6 Å². The van der Waals surface area contributed by atoms with Gasteiger partial charge in [-0.1, -0.05) is 6.42 Å². The van der Waals surface area contributed by atoms with Gasteiger partial charge in [0.25, 0.3) is 0 Å². The average Bonchev–Trinajstić information content (AvgIpc) is 3.55. The van der Waals surface area contributed by atoms with Crippen LogP contribution in [0.15, 0.2) is 12.7 Å². The monoisotopic (exact) mass is 524 g/mol. The highest BCUT2D eigenvalue weighted by Gasteiger charge is 2.59. The fourth-order valence-corrected chi connectivity index (χ4v) is 8.97. The first-order valence-corrected chi connectivity index (χ1v) is 14.4. The molecule has 3 N–H and O–H groups in total. The Bertz CT molecular complexity index is 1210. The van der Waals surface area contributed by atoms with E-state index in [4.69, 9.17) is 14.2 Å². The Morgan fingerprint density at radius 1 is 1.00 bits per heavy atom. The molecule has 11 nitrogen and oxygen atoms in total. The topological polar surface area (TPSA) is 133 Å². The van der Waals surface area contributed by atoms with Gasteiger partial charge in [-0.2, -0.15) is 0 Å². The molecule has 9 rings (SSSR count). The van der Waals surface area contributed by atoms with Gasteiger partial charge in [0.2, 0.25) is 0 Å². The Kier molecular flexibility index (Phi) is 5.31. The second kappa shape index (κ2) is 8.58. The number of fused-ring (bicyclic) bond motifs is 2. The molecule has 7 fully saturated rings. The molecule has 2 aromatic heterocycles. The van der Waals surface area contributed by atoms with Gasteiger partial charge in [-0.05, 0) is 69.1 Å². The highest BCUT2D eigenvalue weighted by molar-refractivity contribution is 5.96. The summed E-state index contributed by atoms with van der Waals surface area (Å²) >= 11 is 0. The Balaban J connectivity index is 1.03. The standard InChI is InChI=1S/C27H36N6O5/c34-12-18-20-21(38-27(37-20)4-2-1-3-5-27)24(36-18)33-14-30-19-22(28-13-29-23(19)33)31-25(35)32-26-9-15-6-16(10-26)8-17(7-15)11-26/h13-18,20-21,24,34H,1-12H2,(H2,28,29,31,32,35)/t15?,16?,17?,18-,20?,21+,24-,26?/m1/s1. The van der Waals surface area contributed by atoms with Crippen LogP contribution >= 0.6 is 0 Å². The van der Waals surface area contributed by atoms with Crippen LogP contribution in [0.1, 0.15) is 76.9 Å². The normalized spacial score (nSPS) is 40.6. The second-order valence-electron chi connectivity index (χ2n) is 12.7. The van der Waals surface area contributed by atoms with E-state index in [2.05, 4.69) is 25.6 Å². The minimum Gasteiger partial charge on any atom is -0.394 e. The van der Waals surface area contributed by atoms with Gasteiger partial charge in [0.1, 0.15) is 24.6 Å². The van der Waals surface area contributed by atoms with Gasteiger partial charge in [0, 0.05) is 18.4 Å². The predicted molar refractivity (Wildman–Crippen MR) is 135 cm³/mol.